The molecule has 2 aliphatic carbocycles. The summed E-state index contributed by atoms with van der Waals surface area (Å²) >= 11 is 0. The van der Waals surface area contributed by atoms with Crippen LogP contribution in [0.5, 0.6) is 0 Å². The Morgan fingerprint density at radius 1 is 1.00 bits per heavy atom. The highest BCUT2D eigenvalue weighted by Crippen LogP contribution is 2.32. The van der Waals surface area contributed by atoms with Gasteiger partial charge in [0, 0.05) is 0 Å². The van der Waals surface area contributed by atoms with Crippen LogP contribution in [0.4, 0.5) is 0 Å². The lowest BCUT2D eigenvalue weighted by atomic mass is 9.91. The quantitative estimate of drug-likeness (QED) is 0.392. The summed E-state index contributed by atoms with van der Waals surface area (Å²) < 4.78 is 0. The number of hydrogen-bond acceptors (Lipinski definition) is 2. The highest BCUT2D eigenvalue weighted by Gasteiger charge is 2.42. The van der Waals surface area contributed by atoms with Crippen molar-refractivity contribution in [1.82, 2.24) is 0 Å². The molecule has 1 fully saturated rings. The lowest BCUT2D eigenvalue weighted by molar-refractivity contribution is -0.117. The Morgan fingerprint density at radius 3 is 1.83 bits per heavy atom. The van der Waals surface area contributed by atoms with Crippen LogP contribution in [0, 0.1) is 11.8 Å². The van der Waals surface area contributed by atoms with Gasteiger partial charge in [0.1, 0.15) is 0 Å². The molecule has 0 radical (unpaired) electrons. The molecule has 2 heteroatoms. The van der Waals surface area contributed by atoms with Crippen LogP contribution in [-0.4, -0.2) is 11.6 Å². The van der Waals surface area contributed by atoms with E-state index in [2.05, 4.69) is 6.58 Å². The lowest BCUT2D eigenvalue weighted by Crippen LogP contribution is -2.14. The minimum Gasteiger partial charge on any atom is -0.293 e. The van der Waals surface area contributed by atoms with Gasteiger partial charge in [-0.15, -0.1) is 0 Å². The van der Waals surface area contributed by atoms with Gasteiger partial charge in [0.05, 0.1) is 17.4 Å². The standard InChI is InChI=1S/C10H8O2/c1-6-9(11)7-4-2-3-5-8(7)10(6)12/h2-5,7-8H,1H2. The van der Waals surface area contributed by atoms with Crippen LogP contribution < -0.4 is 0 Å². The second-order valence-corrected chi connectivity index (χ2v) is 3.03. The van der Waals surface area contributed by atoms with Crippen LogP contribution in [0.2, 0.25) is 0 Å². The largest absolute Gasteiger partial charge is 0.293 e. The van der Waals surface area contributed by atoms with E-state index in [9.17, 15) is 9.59 Å². The number of fused-ring (bicyclic) bond motifs is 1. The molecule has 0 amide bonds. The first kappa shape index (κ1) is 7.22. The second-order valence-electron chi connectivity index (χ2n) is 3.03. The molecule has 0 heterocycles. The third-order valence-electron chi connectivity index (χ3n) is 2.34. The smallest absolute Gasteiger partial charge is 0.173 e. The highest BCUT2D eigenvalue weighted by molar-refractivity contribution is 6.28. The highest BCUT2D eigenvalue weighted by atomic mass is 16.2. The van der Waals surface area contributed by atoms with E-state index in [0.717, 1.165) is 0 Å². The van der Waals surface area contributed by atoms with Gasteiger partial charge in [-0.1, -0.05) is 30.9 Å². The molecule has 12 heavy (non-hydrogen) atoms. The Labute approximate surface area is 70.3 Å². The van der Waals surface area contributed by atoms with Crippen molar-refractivity contribution < 1.29 is 9.59 Å². The number of allylic oxidation sites excluding steroid dienone is 5. The minimum atomic E-state index is -0.269. The first-order valence-electron chi connectivity index (χ1n) is 3.84. The second kappa shape index (κ2) is 2.27. The summed E-state index contributed by atoms with van der Waals surface area (Å²) in [5.41, 5.74) is 0.154. The maximum absolute atomic E-state index is 11.3. The van der Waals surface area contributed by atoms with Gasteiger partial charge in [-0.25, -0.2) is 0 Å². The van der Waals surface area contributed by atoms with Crippen molar-refractivity contribution in [1.29, 1.82) is 0 Å². The molecule has 0 bridgehead atoms. The average Bonchev–Trinajstić information content (AvgIpc) is 2.33. The number of rotatable bonds is 0. The number of ketones is 2. The zero-order chi connectivity index (χ0) is 8.72. The van der Waals surface area contributed by atoms with E-state index in [1.54, 1.807) is 24.3 Å². The van der Waals surface area contributed by atoms with Crippen molar-refractivity contribution in [3.8, 4) is 0 Å². The number of hydrogen-bond donors (Lipinski definition) is 0. The number of carbonyl (C=O) groups excluding carboxylic acids is 2. The van der Waals surface area contributed by atoms with Crippen LogP contribution in [-0.2, 0) is 9.59 Å². The summed E-state index contributed by atoms with van der Waals surface area (Å²) in [6.45, 7) is 3.47. The van der Waals surface area contributed by atoms with Crippen molar-refractivity contribution in [2.75, 3.05) is 0 Å². The third-order valence-corrected chi connectivity index (χ3v) is 2.34. The molecule has 2 atom stereocenters. The molecule has 0 saturated heterocycles. The molecular weight excluding hydrogens is 152 g/mol. The predicted molar refractivity (Wildman–Crippen MR) is 44.4 cm³/mol. The Hall–Kier alpha value is -1.44. The maximum Gasteiger partial charge on any atom is 0.173 e. The summed E-state index contributed by atoms with van der Waals surface area (Å²) in [5.74, 6) is -0.777. The lowest BCUT2D eigenvalue weighted by Gasteiger charge is -2.10. The molecule has 0 aromatic rings. The number of carbonyl (C=O) groups is 2. The summed E-state index contributed by atoms with van der Waals surface area (Å²) in [5, 5.41) is 0. The normalized spacial score (nSPS) is 32.8. The van der Waals surface area contributed by atoms with Gasteiger partial charge >= 0.3 is 0 Å². The molecule has 0 aromatic heterocycles. The number of Topliss-reactive ketones (excluding diaryl/α,β-unsaturated/α-hetero) is 2. The van der Waals surface area contributed by atoms with Crippen molar-refractivity contribution in [3.05, 3.63) is 36.5 Å². The SMILES string of the molecule is C=C1C(=O)C2C=CC=CC2C1=O. The Balaban J connectivity index is 2.46. The predicted octanol–water partition coefficient (Wildman–Crippen LogP) is 1.05. The van der Waals surface area contributed by atoms with Crippen LogP contribution in [0.25, 0.3) is 0 Å². The zero-order valence-electron chi connectivity index (χ0n) is 6.49. The van der Waals surface area contributed by atoms with E-state index < -0.39 is 0 Å². The van der Waals surface area contributed by atoms with E-state index in [1.807, 2.05) is 0 Å². The summed E-state index contributed by atoms with van der Waals surface area (Å²) in [6.07, 6.45) is 7.13. The van der Waals surface area contributed by atoms with Crippen molar-refractivity contribution >= 4 is 11.6 Å². The molecule has 0 aromatic carbocycles. The van der Waals surface area contributed by atoms with E-state index in [4.69, 9.17) is 0 Å². The summed E-state index contributed by atoms with van der Waals surface area (Å²) in [7, 11) is 0. The Bertz CT molecular complexity index is 302. The van der Waals surface area contributed by atoms with Gasteiger partial charge < -0.3 is 0 Å². The van der Waals surface area contributed by atoms with Crippen LogP contribution in [0.15, 0.2) is 36.5 Å². The topological polar surface area (TPSA) is 34.1 Å². The van der Waals surface area contributed by atoms with E-state index in [-0.39, 0.29) is 29.0 Å². The molecule has 0 spiro atoms. The van der Waals surface area contributed by atoms with Gasteiger partial charge in [0.25, 0.3) is 0 Å². The van der Waals surface area contributed by atoms with E-state index in [1.165, 1.54) is 0 Å². The molecule has 2 aliphatic rings. The van der Waals surface area contributed by atoms with E-state index >= 15 is 0 Å². The molecular formula is C10H8O2. The van der Waals surface area contributed by atoms with Crippen LogP contribution >= 0.6 is 0 Å². The molecule has 0 N–H and O–H groups in total. The van der Waals surface area contributed by atoms with Gasteiger partial charge in [-0.3, -0.25) is 9.59 Å². The minimum absolute atomic E-state index is 0.120. The molecule has 2 unspecified atom stereocenters. The van der Waals surface area contributed by atoms with Gasteiger partial charge in [-0.2, -0.15) is 0 Å². The average molecular weight is 160 g/mol. The van der Waals surface area contributed by atoms with Crippen molar-refractivity contribution in [2.45, 2.75) is 0 Å². The van der Waals surface area contributed by atoms with Gasteiger partial charge in [-0.05, 0) is 0 Å². The fourth-order valence-corrected chi connectivity index (χ4v) is 1.63. The van der Waals surface area contributed by atoms with Crippen molar-refractivity contribution in [3.63, 3.8) is 0 Å². The van der Waals surface area contributed by atoms with Crippen molar-refractivity contribution in [2.24, 2.45) is 11.8 Å². The van der Waals surface area contributed by atoms with Crippen LogP contribution in [0.1, 0.15) is 0 Å². The Morgan fingerprint density at radius 2 is 1.42 bits per heavy atom. The Kier molecular flexibility index (Phi) is 1.37. The maximum atomic E-state index is 11.3. The molecule has 0 aliphatic heterocycles. The summed E-state index contributed by atoms with van der Waals surface area (Å²) in [4.78, 5) is 22.7. The fraction of sp³-hybridized carbons (Fsp3) is 0.200. The molecule has 2 nitrogen and oxygen atoms in total. The van der Waals surface area contributed by atoms with Gasteiger partial charge in [0.15, 0.2) is 11.6 Å². The zero-order valence-corrected chi connectivity index (χ0v) is 6.49. The fourth-order valence-electron chi connectivity index (χ4n) is 1.63. The van der Waals surface area contributed by atoms with E-state index in [0.29, 0.717) is 0 Å². The monoisotopic (exact) mass is 160 g/mol. The molecule has 2 rings (SSSR count). The third kappa shape index (κ3) is 0.749. The first-order valence-corrected chi connectivity index (χ1v) is 3.84. The molecule has 1 saturated carbocycles. The van der Waals surface area contributed by atoms with Crippen LogP contribution in [0.3, 0.4) is 0 Å². The van der Waals surface area contributed by atoms with Gasteiger partial charge in [0.2, 0.25) is 0 Å². The molecule has 60 valence electrons. The summed E-state index contributed by atoms with van der Waals surface area (Å²) in [6, 6.07) is 0. The first-order chi connectivity index (χ1) is 5.72.